The highest BCUT2D eigenvalue weighted by molar-refractivity contribution is 5.94. The monoisotopic (exact) mass is 474 g/mol. The molecule has 5 rings (SSSR count). The summed E-state index contributed by atoms with van der Waals surface area (Å²) in [4.78, 5) is 27.4. The van der Waals surface area contributed by atoms with E-state index in [1.165, 1.54) is 0 Å². The average Bonchev–Trinajstić information content (AvgIpc) is 2.92. The van der Waals surface area contributed by atoms with Gasteiger partial charge in [-0.25, -0.2) is 9.97 Å². The number of para-hydroxylation sites is 1. The fourth-order valence-electron chi connectivity index (χ4n) is 4.69. The largest absolute Gasteiger partial charge is 0.497 e. The van der Waals surface area contributed by atoms with Gasteiger partial charge in [0.25, 0.3) is 5.91 Å². The zero-order valence-electron chi connectivity index (χ0n) is 20.2. The van der Waals surface area contributed by atoms with Crippen LogP contribution in [0.3, 0.4) is 0 Å². The lowest BCUT2D eigenvalue weighted by molar-refractivity contribution is 0.0732. The van der Waals surface area contributed by atoms with Crippen LogP contribution >= 0.6 is 0 Å². The maximum absolute atomic E-state index is 13.3. The van der Waals surface area contributed by atoms with Crippen molar-refractivity contribution in [2.75, 3.05) is 52.0 Å². The first-order chi connectivity index (χ1) is 17.2. The van der Waals surface area contributed by atoms with E-state index in [9.17, 15) is 4.79 Å². The molecule has 3 heterocycles. The molecule has 0 saturated carbocycles. The summed E-state index contributed by atoms with van der Waals surface area (Å²) in [7, 11) is 3.29. The third kappa shape index (κ3) is 4.93. The molecule has 3 aromatic rings. The number of nitrogens with zero attached hydrogens (tertiary/aromatic N) is 4. The predicted molar refractivity (Wildman–Crippen MR) is 132 cm³/mol. The van der Waals surface area contributed by atoms with E-state index in [2.05, 4.69) is 4.90 Å². The third-order valence-corrected chi connectivity index (χ3v) is 6.54. The van der Waals surface area contributed by atoms with Gasteiger partial charge in [0.1, 0.15) is 23.1 Å². The van der Waals surface area contributed by atoms with E-state index >= 15 is 0 Å². The molecular formula is C27H30N4O4. The third-order valence-electron chi connectivity index (χ3n) is 6.54. The SMILES string of the molecule is COc1cccc(C(=O)N2CCc3nc(Cc4ccccc4OC)nc(N4CCOCC4)c3C2)c1. The number of morpholine rings is 1. The summed E-state index contributed by atoms with van der Waals surface area (Å²) in [6, 6.07) is 15.3. The lowest BCUT2D eigenvalue weighted by Gasteiger charge is -2.34. The number of aromatic nitrogens is 2. The molecule has 1 fully saturated rings. The molecule has 0 radical (unpaired) electrons. The Balaban J connectivity index is 1.47. The van der Waals surface area contributed by atoms with E-state index in [4.69, 9.17) is 24.2 Å². The molecular weight excluding hydrogens is 444 g/mol. The van der Waals surface area contributed by atoms with Crippen LogP contribution in [0.25, 0.3) is 0 Å². The standard InChI is InChI=1S/C27H30N4O4/c1-33-21-8-5-7-20(16-21)27(32)31-11-10-23-22(18-31)26(30-12-14-35-15-13-30)29-25(28-23)17-19-6-3-4-9-24(19)34-2/h3-9,16H,10-15,17-18H2,1-2H3. The van der Waals surface area contributed by atoms with E-state index in [0.29, 0.717) is 50.5 Å². The number of carbonyl (C=O) groups excluding carboxylic acids is 1. The van der Waals surface area contributed by atoms with Gasteiger partial charge >= 0.3 is 0 Å². The van der Waals surface area contributed by atoms with Crippen LogP contribution < -0.4 is 14.4 Å². The lowest BCUT2D eigenvalue weighted by Crippen LogP contribution is -2.41. The van der Waals surface area contributed by atoms with E-state index in [-0.39, 0.29) is 5.91 Å². The molecule has 1 saturated heterocycles. The van der Waals surface area contributed by atoms with Crippen LogP contribution in [0.5, 0.6) is 11.5 Å². The van der Waals surface area contributed by atoms with Crippen LogP contribution in [-0.4, -0.2) is 67.8 Å². The number of amides is 1. The Labute approximate surface area is 205 Å². The highest BCUT2D eigenvalue weighted by atomic mass is 16.5. The van der Waals surface area contributed by atoms with E-state index in [1.807, 2.05) is 47.4 Å². The molecule has 2 aliphatic heterocycles. The van der Waals surface area contributed by atoms with Crippen molar-refractivity contribution in [3.8, 4) is 11.5 Å². The van der Waals surface area contributed by atoms with Gasteiger partial charge in [-0.1, -0.05) is 24.3 Å². The number of anilines is 1. The van der Waals surface area contributed by atoms with Gasteiger partial charge in [0, 0.05) is 49.2 Å². The normalized spacial score (nSPS) is 15.5. The minimum atomic E-state index is -0.0134. The van der Waals surface area contributed by atoms with Crippen LogP contribution in [0.2, 0.25) is 0 Å². The fourth-order valence-corrected chi connectivity index (χ4v) is 4.69. The highest BCUT2D eigenvalue weighted by Crippen LogP contribution is 2.30. The summed E-state index contributed by atoms with van der Waals surface area (Å²) >= 11 is 0. The van der Waals surface area contributed by atoms with Crippen LogP contribution in [0.15, 0.2) is 48.5 Å². The summed E-state index contributed by atoms with van der Waals surface area (Å²) in [5.74, 6) is 3.16. The maximum atomic E-state index is 13.3. The molecule has 2 aliphatic rings. The molecule has 1 amide bonds. The zero-order valence-corrected chi connectivity index (χ0v) is 20.2. The van der Waals surface area contributed by atoms with Crippen molar-refractivity contribution in [3.63, 3.8) is 0 Å². The van der Waals surface area contributed by atoms with Crippen LogP contribution in [-0.2, 0) is 24.1 Å². The Hall–Kier alpha value is -3.65. The molecule has 0 unspecified atom stereocenters. The van der Waals surface area contributed by atoms with Crippen molar-refractivity contribution >= 4 is 11.7 Å². The smallest absolute Gasteiger partial charge is 0.254 e. The van der Waals surface area contributed by atoms with E-state index in [0.717, 1.165) is 47.3 Å². The molecule has 8 heteroatoms. The van der Waals surface area contributed by atoms with Gasteiger partial charge in [-0.15, -0.1) is 0 Å². The first kappa shape index (κ1) is 23.1. The molecule has 0 N–H and O–H groups in total. The van der Waals surface area contributed by atoms with Crippen LogP contribution in [0.1, 0.15) is 33.0 Å². The lowest BCUT2D eigenvalue weighted by atomic mass is 10.0. The van der Waals surface area contributed by atoms with Crippen molar-refractivity contribution in [2.24, 2.45) is 0 Å². The molecule has 0 aliphatic carbocycles. The van der Waals surface area contributed by atoms with Gasteiger partial charge < -0.3 is 24.0 Å². The van der Waals surface area contributed by atoms with Crippen molar-refractivity contribution in [1.82, 2.24) is 14.9 Å². The summed E-state index contributed by atoms with van der Waals surface area (Å²) in [6.45, 7) is 3.94. The molecule has 0 bridgehead atoms. The number of fused-ring (bicyclic) bond motifs is 1. The maximum Gasteiger partial charge on any atom is 0.254 e. The molecule has 1 aromatic heterocycles. The van der Waals surface area contributed by atoms with Gasteiger partial charge in [0.15, 0.2) is 0 Å². The number of carbonyl (C=O) groups is 1. The van der Waals surface area contributed by atoms with Crippen molar-refractivity contribution in [2.45, 2.75) is 19.4 Å². The Bertz CT molecular complexity index is 1210. The molecule has 182 valence electrons. The van der Waals surface area contributed by atoms with Gasteiger partial charge in [-0.05, 0) is 24.3 Å². The molecule has 2 aromatic carbocycles. The number of rotatable bonds is 6. The van der Waals surface area contributed by atoms with Crippen molar-refractivity contribution < 1.29 is 19.0 Å². The minimum Gasteiger partial charge on any atom is -0.497 e. The summed E-state index contributed by atoms with van der Waals surface area (Å²) in [5.41, 5.74) is 3.71. The van der Waals surface area contributed by atoms with Crippen molar-refractivity contribution in [1.29, 1.82) is 0 Å². The first-order valence-electron chi connectivity index (χ1n) is 11.9. The molecule has 0 spiro atoms. The van der Waals surface area contributed by atoms with Crippen LogP contribution in [0.4, 0.5) is 5.82 Å². The second-order valence-corrected chi connectivity index (χ2v) is 8.69. The molecule has 8 nitrogen and oxygen atoms in total. The fraction of sp³-hybridized carbons (Fsp3) is 0.370. The summed E-state index contributed by atoms with van der Waals surface area (Å²) in [6.07, 6.45) is 1.27. The topological polar surface area (TPSA) is 77.0 Å². The van der Waals surface area contributed by atoms with E-state index < -0.39 is 0 Å². The average molecular weight is 475 g/mol. The number of benzene rings is 2. The molecule has 0 atom stereocenters. The second kappa shape index (κ2) is 10.3. The Morgan fingerprint density at radius 3 is 2.63 bits per heavy atom. The predicted octanol–water partition coefficient (Wildman–Crippen LogP) is 3.12. The number of methoxy groups -OCH3 is 2. The van der Waals surface area contributed by atoms with Gasteiger partial charge in [0.05, 0.1) is 39.7 Å². The summed E-state index contributed by atoms with van der Waals surface area (Å²) < 4.78 is 16.4. The van der Waals surface area contributed by atoms with Crippen LogP contribution in [0, 0.1) is 0 Å². The zero-order chi connectivity index (χ0) is 24.2. The Morgan fingerprint density at radius 2 is 1.83 bits per heavy atom. The Kier molecular flexibility index (Phi) is 6.81. The Morgan fingerprint density at radius 1 is 1.00 bits per heavy atom. The van der Waals surface area contributed by atoms with E-state index in [1.54, 1.807) is 20.3 Å². The highest BCUT2D eigenvalue weighted by Gasteiger charge is 2.29. The minimum absolute atomic E-state index is 0.0134. The first-order valence-corrected chi connectivity index (χ1v) is 11.9. The number of hydrogen-bond acceptors (Lipinski definition) is 7. The quantitative estimate of drug-likeness (QED) is 0.543. The summed E-state index contributed by atoms with van der Waals surface area (Å²) in [5, 5.41) is 0. The van der Waals surface area contributed by atoms with Gasteiger partial charge in [-0.3, -0.25) is 4.79 Å². The van der Waals surface area contributed by atoms with Crippen molar-refractivity contribution in [3.05, 3.63) is 76.7 Å². The molecule has 35 heavy (non-hydrogen) atoms. The second-order valence-electron chi connectivity index (χ2n) is 8.69. The van der Waals surface area contributed by atoms with Gasteiger partial charge in [0.2, 0.25) is 0 Å². The number of ether oxygens (including phenoxy) is 3. The van der Waals surface area contributed by atoms with Gasteiger partial charge in [-0.2, -0.15) is 0 Å². The number of hydrogen-bond donors (Lipinski definition) is 0.